The molecule has 0 atom stereocenters. The summed E-state index contributed by atoms with van der Waals surface area (Å²) in [6.45, 7) is 4.94. The van der Waals surface area contributed by atoms with Gasteiger partial charge in [0.2, 0.25) is 5.88 Å². The van der Waals surface area contributed by atoms with Crippen molar-refractivity contribution in [3.05, 3.63) is 10.8 Å². The quantitative estimate of drug-likeness (QED) is 0.901. The van der Waals surface area contributed by atoms with Crippen LogP contribution >= 0.6 is 15.9 Å². The van der Waals surface area contributed by atoms with Crippen LogP contribution < -0.4 is 10.5 Å². The number of aromatic nitrogens is 2. The number of nitrogen functional groups attached to an aromatic ring is 1. The van der Waals surface area contributed by atoms with E-state index >= 15 is 0 Å². The molecule has 2 N–H and O–H groups in total. The fourth-order valence-electron chi connectivity index (χ4n) is 0.858. The first kappa shape index (κ1) is 11.2. The van der Waals surface area contributed by atoms with Gasteiger partial charge in [0.05, 0.1) is 6.61 Å². The van der Waals surface area contributed by atoms with Crippen molar-refractivity contribution in [3.63, 3.8) is 0 Å². The molecule has 0 radical (unpaired) electrons. The summed E-state index contributed by atoms with van der Waals surface area (Å²) < 4.78 is 6.08. The summed E-state index contributed by atoms with van der Waals surface area (Å²) in [7, 11) is 0. The zero-order valence-electron chi connectivity index (χ0n) is 8.33. The van der Waals surface area contributed by atoms with E-state index in [1.165, 1.54) is 6.33 Å². The minimum Gasteiger partial charge on any atom is -0.477 e. The van der Waals surface area contributed by atoms with E-state index in [4.69, 9.17) is 10.5 Å². The van der Waals surface area contributed by atoms with Crippen LogP contribution in [0.1, 0.15) is 20.3 Å². The Balaban J connectivity index is 2.54. The molecule has 0 aliphatic heterocycles. The molecular weight excluding hydrogens is 246 g/mol. The first-order valence-electron chi connectivity index (χ1n) is 4.50. The standard InChI is InChI=1S/C9H14BrN3O/c1-6(2)3-4-14-9-7(10)8(11)12-5-13-9/h5-6H,3-4H2,1-2H3,(H2,11,12,13). The van der Waals surface area contributed by atoms with Gasteiger partial charge in [-0.25, -0.2) is 9.97 Å². The molecule has 78 valence electrons. The maximum atomic E-state index is 5.57. The smallest absolute Gasteiger partial charge is 0.233 e. The lowest BCUT2D eigenvalue weighted by molar-refractivity contribution is 0.277. The minimum absolute atomic E-state index is 0.402. The Hall–Kier alpha value is -0.840. The summed E-state index contributed by atoms with van der Waals surface area (Å²) in [5.74, 6) is 1.53. The van der Waals surface area contributed by atoms with Gasteiger partial charge in [0, 0.05) is 0 Å². The van der Waals surface area contributed by atoms with Gasteiger partial charge < -0.3 is 10.5 Å². The summed E-state index contributed by atoms with van der Waals surface area (Å²) >= 11 is 3.27. The number of rotatable bonds is 4. The van der Waals surface area contributed by atoms with E-state index in [-0.39, 0.29) is 0 Å². The number of nitrogens with zero attached hydrogens (tertiary/aromatic N) is 2. The number of hydrogen-bond acceptors (Lipinski definition) is 4. The van der Waals surface area contributed by atoms with Crippen molar-refractivity contribution in [2.24, 2.45) is 5.92 Å². The zero-order chi connectivity index (χ0) is 10.6. The van der Waals surface area contributed by atoms with E-state index in [2.05, 4.69) is 39.7 Å². The summed E-state index contributed by atoms with van der Waals surface area (Å²) in [5.41, 5.74) is 5.57. The summed E-state index contributed by atoms with van der Waals surface area (Å²) in [4.78, 5) is 7.80. The van der Waals surface area contributed by atoms with Crippen LogP contribution in [0.2, 0.25) is 0 Å². The minimum atomic E-state index is 0.402. The normalized spacial score (nSPS) is 10.6. The molecule has 0 spiro atoms. The Kier molecular flexibility index (Phi) is 4.13. The maximum absolute atomic E-state index is 5.57. The van der Waals surface area contributed by atoms with Crippen LogP contribution in [0.15, 0.2) is 10.8 Å². The summed E-state index contributed by atoms with van der Waals surface area (Å²) in [6, 6.07) is 0. The number of anilines is 1. The van der Waals surface area contributed by atoms with E-state index in [0.717, 1.165) is 6.42 Å². The molecule has 14 heavy (non-hydrogen) atoms. The summed E-state index contributed by atoms with van der Waals surface area (Å²) in [6.07, 6.45) is 2.39. The average Bonchev–Trinajstić information content (AvgIpc) is 2.12. The highest BCUT2D eigenvalue weighted by Gasteiger charge is 2.06. The van der Waals surface area contributed by atoms with Crippen molar-refractivity contribution in [1.29, 1.82) is 0 Å². The van der Waals surface area contributed by atoms with Gasteiger partial charge in [-0.2, -0.15) is 0 Å². The highest BCUT2D eigenvalue weighted by atomic mass is 79.9. The third kappa shape index (κ3) is 3.14. The van der Waals surface area contributed by atoms with Gasteiger partial charge in [0.1, 0.15) is 16.6 Å². The largest absolute Gasteiger partial charge is 0.477 e. The predicted octanol–water partition coefficient (Wildman–Crippen LogP) is 2.25. The highest BCUT2D eigenvalue weighted by molar-refractivity contribution is 9.10. The molecule has 0 aromatic carbocycles. The Morgan fingerprint density at radius 3 is 2.86 bits per heavy atom. The average molecular weight is 260 g/mol. The third-order valence-corrected chi connectivity index (χ3v) is 2.46. The number of hydrogen-bond donors (Lipinski definition) is 1. The molecule has 0 amide bonds. The Morgan fingerprint density at radius 2 is 2.21 bits per heavy atom. The number of ether oxygens (including phenoxy) is 1. The lowest BCUT2D eigenvalue weighted by Gasteiger charge is -2.08. The fraction of sp³-hybridized carbons (Fsp3) is 0.556. The number of halogens is 1. The van der Waals surface area contributed by atoms with E-state index in [0.29, 0.717) is 28.7 Å². The van der Waals surface area contributed by atoms with Gasteiger partial charge in [-0.15, -0.1) is 0 Å². The SMILES string of the molecule is CC(C)CCOc1ncnc(N)c1Br. The molecule has 0 bridgehead atoms. The molecule has 0 fully saturated rings. The molecule has 0 saturated heterocycles. The van der Waals surface area contributed by atoms with E-state index < -0.39 is 0 Å². The van der Waals surface area contributed by atoms with Crippen LogP contribution in [0, 0.1) is 5.92 Å². The van der Waals surface area contributed by atoms with Crippen LogP contribution in [0.5, 0.6) is 5.88 Å². The zero-order valence-corrected chi connectivity index (χ0v) is 9.91. The lowest BCUT2D eigenvalue weighted by Crippen LogP contribution is -2.04. The van der Waals surface area contributed by atoms with Crippen molar-refractivity contribution >= 4 is 21.7 Å². The molecule has 5 heteroatoms. The highest BCUT2D eigenvalue weighted by Crippen LogP contribution is 2.26. The van der Waals surface area contributed by atoms with Gasteiger partial charge in [0.25, 0.3) is 0 Å². The molecule has 1 rings (SSSR count). The monoisotopic (exact) mass is 259 g/mol. The summed E-state index contributed by atoms with van der Waals surface area (Å²) in [5, 5.41) is 0. The van der Waals surface area contributed by atoms with Gasteiger partial charge in [-0.1, -0.05) is 13.8 Å². The molecule has 0 saturated carbocycles. The number of nitrogens with two attached hydrogens (primary N) is 1. The van der Waals surface area contributed by atoms with E-state index in [9.17, 15) is 0 Å². The third-order valence-electron chi connectivity index (χ3n) is 1.72. The lowest BCUT2D eigenvalue weighted by atomic mass is 10.1. The van der Waals surface area contributed by atoms with Crippen LogP contribution in [0.3, 0.4) is 0 Å². The van der Waals surface area contributed by atoms with Crippen molar-refractivity contribution < 1.29 is 4.74 Å². The second-order valence-electron chi connectivity index (χ2n) is 3.41. The molecule has 0 unspecified atom stereocenters. The first-order chi connectivity index (χ1) is 6.61. The second-order valence-corrected chi connectivity index (χ2v) is 4.20. The van der Waals surface area contributed by atoms with Crippen molar-refractivity contribution in [2.45, 2.75) is 20.3 Å². The molecule has 1 aromatic heterocycles. The van der Waals surface area contributed by atoms with Crippen LogP contribution in [-0.4, -0.2) is 16.6 Å². The topological polar surface area (TPSA) is 61.0 Å². The maximum Gasteiger partial charge on any atom is 0.233 e. The van der Waals surface area contributed by atoms with Crippen molar-refractivity contribution in [2.75, 3.05) is 12.3 Å². The Morgan fingerprint density at radius 1 is 1.50 bits per heavy atom. The van der Waals surface area contributed by atoms with Gasteiger partial charge in [-0.3, -0.25) is 0 Å². The van der Waals surface area contributed by atoms with Crippen LogP contribution in [-0.2, 0) is 0 Å². The van der Waals surface area contributed by atoms with Gasteiger partial charge >= 0.3 is 0 Å². The molecule has 0 aliphatic carbocycles. The second kappa shape index (κ2) is 5.14. The van der Waals surface area contributed by atoms with Crippen LogP contribution in [0.4, 0.5) is 5.82 Å². The first-order valence-corrected chi connectivity index (χ1v) is 5.29. The Labute approximate surface area is 92.0 Å². The predicted molar refractivity (Wildman–Crippen MR) is 59.1 cm³/mol. The molecule has 0 aliphatic rings. The van der Waals surface area contributed by atoms with Gasteiger partial charge in [-0.05, 0) is 28.3 Å². The van der Waals surface area contributed by atoms with Crippen molar-refractivity contribution in [1.82, 2.24) is 9.97 Å². The molecular formula is C9H14BrN3O. The molecule has 1 heterocycles. The molecule has 4 nitrogen and oxygen atoms in total. The van der Waals surface area contributed by atoms with Crippen LogP contribution in [0.25, 0.3) is 0 Å². The van der Waals surface area contributed by atoms with Crippen molar-refractivity contribution in [3.8, 4) is 5.88 Å². The van der Waals surface area contributed by atoms with E-state index in [1.807, 2.05) is 0 Å². The fourth-order valence-corrected chi connectivity index (χ4v) is 1.18. The van der Waals surface area contributed by atoms with Gasteiger partial charge in [0.15, 0.2) is 0 Å². The molecule has 1 aromatic rings. The van der Waals surface area contributed by atoms with E-state index in [1.54, 1.807) is 0 Å². The Bertz CT molecular complexity index is 304.